The van der Waals surface area contributed by atoms with Crippen molar-refractivity contribution in [3.05, 3.63) is 19.2 Å². The Bertz CT molecular complexity index is 355. The van der Waals surface area contributed by atoms with Crippen LogP contribution in [0.25, 0.3) is 0 Å². The first-order valence-electron chi connectivity index (χ1n) is 4.91. The maximum atomic E-state index is 6.24. The van der Waals surface area contributed by atoms with Crippen LogP contribution in [0.4, 0.5) is 0 Å². The van der Waals surface area contributed by atoms with Gasteiger partial charge in [0, 0.05) is 6.61 Å². The van der Waals surface area contributed by atoms with E-state index >= 15 is 0 Å². The van der Waals surface area contributed by atoms with E-state index in [1.165, 1.54) is 0 Å². The average Bonchev–Trinajstić information content (AvgIpc) is 2.71. The van der Waals surface area contributed by atoms with Crippen LogP contribution < -0.4 is 5.73 Å². The Hall–Kier alpha value is 0.580. The van der Waals surface area contributed by atoms with E-state index in [9.17, 15) is 0 Å². The highest BCUT2D eigenvalue weighted by atomic mass is 79.9. The molecule has 0 saturated carbocycles. The first-order chi connectivity index (χ1) is 7.09. The summed E-state index contributed by atoms with van der Waals surface area (Å²) in [6.07, 6.45) is 1.27. The molecule has 1 aromatic heterocycles. The van der Waals surface area contributed by atoms with E-state index in [1.807, 2.05) is 0 Å². The summed E-state index contributed by atoms with van der Waals surface area (Å²) in [6.45, 7) is 3.04. The van der Waals surface area contributed by atoms with Crippen molar-refractivity contribution in [1.82, 2.24) is 0 Å². The highest BCUT2D eigenvalue weighted by Crippen LogP contribution is 2.39. The number of rotatable bonds is 2. The Balaban J connectivity index is 2.19. The number of thiophene rings is 1. The predicted molar refractivity (Wildman–Crippen MR) is 70.2 cm³/mol. The SMILES string of the molecule is CC1CCOC1C(N)c1cc(Br)sc1Br. The van der Waals surface area contributed by atoms with Crippen molar-refractivity contribution >= 4 is 43.2 Å². The third-order valence-electron chi connectivity index (χ3n) is 2.84. The van der Waals surface area contributed by atoms with Crippen LogP contribution in [0, 0.1) is 5.92 Å². The van der Waals surface area contributed by atoms with Crippen LogP contribution in [0.15, 0.2) is 13.6 Å². The van der Waals surface area contributed by atoms with E-state index in [-0.39, 0.29) is 12.1 Å². The monoisotopic (exact) mass is 353 g/mol. The molecule has 0 aliphatic carbocycles. The number of halogens is 2. The Morgan fingerprint density at radius 1 is 1.60 bits per heavy atom. The summed E-state index contributed by atoms with van der Waals surface area (Å²) in [5, 5.41) is 0. The fourth-order valence-electron chi connectivity index (χ4n) is 1.93. The second-order valence-corrected chi connectivity index (χ2v) is 7.66. The summed E-state index contributed by atoms with van der Waals surface area (Å²) in [7, 11) is 0. The molecule has 3 unspecified atom stereocenters. The van der Waals surface area contributed by atoms with Gasteiger partial charge in [-0.2, -0.15) is 0 Å². The largest absolute Gasteiger partial charge is 0.376 e. The summed E-state index contributed by atoms with van der Waals surface area (Å²) in [5.74, 6) is 0.547. The maximum Gasteiger partial charge on any atom is 0.0794 e. The highest BCUT2D eigenvalue weighted by Gasteiger charge is 2.32. The van der Waals surface area contributed by atoms with E-state index in [4.69, 9.17) is 10.5 Å². The van der Waals surface area contributed by atoms with Crippen molar-refractivity contribution in [2.24, 2.45) is 11.7 Å². The molecule has 1 aliphatic rings. The lowest BCUT2D eigenvalue weighted by Gasteiger charge is -2.22. The lowest BCUT2D eigenvalue weighted by Crippen LogP contribution is -2.29. The summed E-state index contributed by atoms with van der Waals surface area (Å²) in [4.78, 5) is 0. The second kappa shape index (κ2) is 4.84. The third kappa shape index (κ3) is 2.47. The minimum absolute atomic E-state index is 0.0283. The Labute approximate surface area is 110 Å². The smallest absolute Gasteiger partial charge is 0.0794 e. The second-order valence-electron chi connectivity index (χ2n) is 3.91. The fourth-order valence-corrected chi connectivity index (χ4v) is 4.89. The fraction of sp³-hybridized carbons (Fsp3) is 0.600. The first-order valence-corrected chi connectivity index (χ1v) is 7.31. The van der Waals surface area contributed by atoms with Gasteiger partial charge in [-0.05, 0) is 55.8 Å². The van der Waals surface area contributed by atoms with Gasteiger partial charge in [0.2, 0.25) is 0 Å². The van der Waals surface area contributed by atoms with Gasteiger partial charge in [-0.25, -0.2) is 0 Å². The molecule has 5 heteroatoms. The van der Waals surface area contributed by atoms with Crippen molar-refractivity contribution in [3.63, 3.8) is 0 Å². The van der Waals surface area contributed by atoms with E-state index in [2.05, 4.69) is 44.8 Å². The molecular formula is C10H13Br2NOS. The molecule has 2 N–H and O–H groups in total. The molecule has 0 amide bonds. The third-order valence-corrected chi connectivity index (χ3v) is 5.23. The van der Waals surface area contributed by atoms with Gasteiger partial charge < -0.3 is 10.5 Å². The lowest BCUT2D eigenvalue weighted by atomic mass is 9.95. The van der Waals surface area contributed by atoms with Crippen LogP contribution in [0.1, 0.15) is 24.9 Å². The Kier molecular flexibility index (Phi) is 3.88. The molecule has 15 heavy (non-hydrogen) atoms. The first kappa shape index (κ1) is 12.0. The minimum atomic E-state index is -0.0283. The maximum absolute atomic E-state index is 6.24. The van der Waals surface area contributed by atoms with Crippen LogP contribution in [-0.2, 0) is 4.74 Å². The zero-order valence-corrected chi connectivity index (χ0v) is 12.4. The zero-order chi connectivity index (χ0) is 11.0. The quantitative estimate of drug-likeness (QED) is 0.878. The molecule has 2 heterocycles. The van der Waals surface area contributed by atoms with Crippen LogP contribution in [-0.4, -0.2) is 12.7 Å². The summed E-state index contributed by atoms with van der Waals surface area (Å²) < 4.78 is 7.89. The van der Waals surface area contributed by atoms with Crippen LogP contribution >= 0.6 is 43.2 Å². The summed E-state index contributed by atoms with van der Waals surface area (Å²) in [5.41, 5.74) is 7.38. The molecule has 0 aromatic carbocycles. The van der Waals surface area contributed by atoms with Gasteiger partial charge in [0.15, 0.2) is 0 Å². The molecule has 0 radical (unpaired) electrons. The van der Waals surface area contributed by atoms with Crippen LogP contribution in [0.3, 0.4) is 0 Å². The van der Waals surface area contributed by atoms with Gasteiger partial charge in [0.1, 0.15) is 0 Å². The number of hydrogen-bond donors (Lipinski definition) is 1. The molecular weight excluding hydrogens is 342 g/mol. The molecule has 2 rings (SSSR count). The van der Waals surface area contributed by atoms with Crippen molar-refractivity contribution in [2.45, 2.75) is 25.5 Å². The number of ether oxygens (including phenoxy) is 1. The number of hydrogen-bond acceptors (Lipinski definition) is 3. The lowest BCUT2D eigenvalue weighted by molar-refractivity contribution is 0.0724. The summed E-state index contributed by atoms with van der Waals surface area (Å²) in [6, 6.07) is 2.05. The Morgan fingerprint density at radius 2 is 2.33 bits per heavy atom. The van der Waals surface area contributed by atoms with Crippen LogP contribution in [0.5, 0.6) is 0 Å². The van der Waals surface area contributed by atoms with Gasteiger partial charge >= 0.3 is 0 Å². The molecule has 1 aromatic rings. The Morgan fingerprint density at radius 3 is 2.80 bits per heavy atom. The normalized spacial score (nSPS) is 28.3. The summed E-state index contributed by atoms with van der Waals surface area (Å²) >= 11 is 8.66. The molecule has 2 nitrogen and oxygen atoms in total. The molecule has 3 atom stereocenters. The standard InChI is InChI=1S/C10H13Br2NOS/c1-5-2-3-14-9(5)8(13)6-4-7(11)15-10(6)12/h4-5,8-9H,2-3,13H2,1H3. The molecule has 0 spiro atoms. The minimum Gasteiger partial charge on any atom is -0.376 e. The van der Waals surface area contributed by atoms with E-state index in [1.54, 1.807) is 11.3 Å². The van der Waals surface area contributed by atoms with Gasteiger partial charge in [-0.1, -0.05) is 6.92 Å². The van der Waals surface area contributed by atoms with Crippen molar-refractivity contribution in [3.8, 4) is 0 Å². The molecule has 1 saturated heterocycles. The van der Waals surface area contributed by atoms with E-state index in [0.717, 1.165) is 26.2 Å². The highest BCUT2D eigenvalue weighted by molar-refractivity contribution is 9.12. The van der Waals surface area contributed by atoms with Crippen molar-refractivity contribution < 1.29 is 4.74 Å². The van der Waals surface area contributed by atoms with Gasteiger partial charge in [0.25, 0.3) is 0 Å². The van der Waals surface area contributed by atoms with Crippen molar-refractivity contribution in [1.29, 1.82) is 0 Å². The van der Waals surface area contributed by atoms with E-state index < -0.39 is 0 Å². The van der Waals surface area contributed by atoms with Gasteiger partial charge in [-0.3, -0.25) is 0 Å². The predicted octanol–water partition coefficient (Wildman–Crippen LogP) is 3.70. The van der Waals surface area contributed by atoms with Crippen molar-refractivity contribution in [2.75, 3.05) is 6.61 Å². The molecule has 0 bridgehead atoms. The topological polar surface area (TPSA) is 35.2 Å². The van der Waals surface area contributed by atoms with Gasteiger partial charge in [0.05, 0.1) is 19.7 Å². The van der Waals surface area contributed by atoms with Crippen LogP contribution in [0.2, 0.25) is 0 Å². The zero-order valence-electron chi connectivity index (χ0n) is 8.37. The van der Waals surface area contributed by atoms with E-state index in [0.29, 0.717) is 5.92 Å². The molecule has 84 valence electrons. The molecule has 1 fully saturated rings. The molecule has 1 aliphatic heterocycles. The number of nitrogens with two attached hydrogens (primary N) is 1. The van der Waals surface area contributed by atoms with Gasteiger partial charge in [-0.15, -0.1) is 11.3 Å². The average molecular weight is 355 g/mol.